The summed E-state index contributed by atoms with van der Waals surface area (Å²) in [6.45, 7) is 5.96. The van der Waals surface area contributed by atoms with Crippen LogP contribution in [0.2, 0.25) is 5.02 Å². The van der Waals surface area contributed by atoms with E-state index in [0.29, 0.717) is 17.3 Å². The van der Waals surface area contributed by atoms with Crippen molar-refractivity contribution in [3.63, 3.8) is 0 Å². The Morgan fingerprint density at radius 1 is 1.47 bits per heavy atom. The van der Waals surface area contributed by atoms with E-state index in [9.17, 15) is 5.11 Å². The van der Waals surface area contributed by atoms with E-state index in [1.165, 1.54) is 0 Å². The van der Waals surface area contributed by atoms with Crippen LogP contribution in [0.15, 0.2) is 24.3 Å². The molecule has 1 unspecified atom stereocenters. The van der Waals surface area contributed by atoms with Gasteiger partial charge < -0.3 is 15.2 Å². The minimum absolute atomic E-state index is 0.174. The van der Waals surface area contributed by atoms with Crippen LogP contribution in [0.5, 0.6) is 5.75 Å². The zero-order valence-electron chi connectivity index (χ0n) is 11.6. The lowest BCUT2D eigenvalue weighted by Gasteiger charge is -2.23. The monoisotopic (exact) mass is 303 g/mol. The molecular formula is C14H22ClNO2S. The van der Waals surface area contributed by atoms with E-state index in [1.54, 1.807) is 23.9 Å². The van der Waals surface area contributed by atoms with E-state index in [2.05, 4.69) is 25.4 Å². The molecule has 0 saturated carbocycles. The highest BCUT2D eigenvalue weighted by Gasteiger charge is 2.15. The first-order valence-electron chi connectivity index (χ1n) is 6.25. The molecule has 0 fully saturated rings. The van der Waals surface area contributed by atoms with Gasteiger partial charge >= 0.3 is 0 Å². The Hall–Kier alpha value is -0.420. The summed E-state index contributed by atoms with van der Waals surface area (Å²) >= 11 is 7.65. The molecule has 0 spiro atoms. The predicted octanol–water partition coefficient (Wildman–Crippen LogP) is 2.81. The molecule has 0 amide bonds. The molecule has 0 saturated heterocycles. The number of aliphatic hydroxyl groups is 1. The van der Waals surface area contributed by atoms with Gasteiger partial charge in [-0.25, -0.2) is 0 Å². The van der Waals surface area contributed by atoms with Crippen LogP contribution in [0.1, 0.15) is 13.8 Å². The van der Waals surface area contributed by atoms with Crippen LogP contribution >= 0.6 is 23.4 Å². The molecule has 0 heterocycles. The summed E-state index contributed by atoms with van der Waals surface area (Å²) < 4.78 is 5.65. The van der Waals surface area contributed by atoms with E-state index in [4.69, 9.17) is 16.3 Å². The van der Waals surface area contributed by atoms with Gasteiger partial charge in [-0.2, -0.15) is 11.8 Å². The van der Waals surface area contributed by atoms with Gasteiger partial charge in [0.2, 0.25) is 0 Å². The minimum Gasteiger partial charge on any atom is -0.491 e. The Morgan fingerprint density at radius 2 is 2.21 bits per heavy atom. The first kappa shape index (κ1) is 16.6. The van der Waals surface area contributed by atoms with Crippen molar-refractivity contribution in [2.75, 3.05) is 26.0 Å². The third-order valence-electron chi connectivity index (χ3n) is 2.72. The van der Waals surface area contributed by atoms with Gasteiger partial charge in [-0.1, -0.05) is 17.7 Å². The summed E-state index contributed by atoms with van der Waals surface area (Å²) in [4.78, 5) is 0. The molecule has 0 aliphatic carbocycles. The molecule has 1 aromatic rings. The van der Waals surface area contributed by atoms with Crippen molar-refractivity contribution in [1.82, 2.24) is 5.32 Å². The lowest BCUT2D eigenvalue weighted by Crippen LogP contribution is -2.38. The van der Waals surface area contributed by atoms with Crippen LogP contribution < -0.4 is 10.1 Å². The molecule has 5 heteroatoms. The van der Waals surface area contributed by atoms with Crippen molar-refractivity contribution < 1.29 is 9.84 Å². The van der Waals surface area contributed by atoms with Gasteiger partial charge in [0.05, 0.1) is 0 Å². The van der Waals surface area contributed by atoms with Crippen molar-refractivity contribution in [3.8, 4) is 5.75 Å². The molecule has 3 nitrogen and oxygen atoms in total. The van der Waals surface area contributed by atoms with Crippen LogP contribution in [0.4, 0.5) is 0 Å². The zero-order chi connectivity index (χ0) is 14.3. The molecule has 108 valence electrons. The molecular weight excluding hydrogens is 282 g/mol. The first-order valence-corrected chi connectivity index (χ1v) is 7.85. The Balaban J connectivity index is 2.23. The van der Waals surface area contributed by atoms with Crippen molar-refractivity contribution in [1.29, 1.82) is 0 Å². The van der Waals surface area contributed by atoms with Gasteiger partial charge in [0, 0.05) is 22.9 Å². The quantitative estimate of drug-likeness (QED) is 0.775. The zero-order valence-corrected chi connectivity index (χ0v) is 13.2. The Morgan fingerprint density at radius 3 is 2.84 bits per heavy atom. The smallest absolute Gasteiger partial charge is 0.120 e. The number of benzene rings is 1. The van der Waals surface area contributed by atoms with E-state index in [-0.39, 0.29) is 11.4 Å². The van der Waals surface area contributed by atoms with Crippen LogP contribution in [0.25, 0.3) is 0 Å². The lowest BCUT2D eigenvalue weighted by atomic mass is 10.2. The molecule has 19 heavy (non-hydrogen) atoms. The standard InChI is InChI=1S/C14H22ClNO2S/c1-14(2,19-3)10-16-8-12(17)9-18-13-6-4-5-11(15)7-13/h4-7,12,16-17H,8-10H2,1-3H3. The topological polar surface area (TPSA) is 41.5 Å². The molecule has 0 bridgehead atoms. The van der Waals surface area contributed by atoms with E-state index >= 15 is 0 Å². The third-order valence-corrected chi connectivity index (χ3v) is 4.21. The van der Waals surface area contributed by atoms with Crippen molar-refractivity contribution in [3.05, 3.63) is 29.3 Å². The van der Waals surface area contributed by atoms with Crippen LogP contribution in [-0.4, -0.2) is 41.9 Å². The number of hydrogen-bond donors (Lipinski definition) is 2. The lowest BCUT2D eigenvalue weighted by molar-refractivity contribution is 0.106. The van der Waals surface area contributed by atoms with Crippen molar-refractivity contribution in [2.45, 2.75) is 24.7 Å². The summed E-state index contributed by atoms with van der Waals surface area (Å²) in [7, 11) is 0. The largest absolute Gasteiger partial charge is 0.491 e. The van der Waals surface area contributed by atoms with E-state index in [0.717, 1.165) is 6.54 Å². The number of aliphatic hydroxyl groups excluding tert-OH is 1. The van der Waals surface area contributed by atoms with Crippen molar-refractivity contribution >= 4 is 23.4 Å². The number of ether oxygens (including phenoxy) is 1. The molecule has 1 atom stereocenters. The Kier molecular flexibility index (Phi) is 7.00. The van der Waals surface area contributed by atoms with Gasteiger partial charge in [0.25, 0.3) is 0 Å². The summed E-state index contributed by atoms with van der Waals surface area (Å²) in [5.41, 5.74) is 0. The van der Waals surface area contributed by atoms with Crippen LogP contribution in [0.3, 0.4) is 0 Å². The van der Waals surface area contributed by atoms with Gasteiger partial charge in [0.15, 0.2) is 0 Å². The second-order valence-electron chi connectivity index (χ2n) is 5.02. The fourth-order valence-electron chi connectivity index (χ4n) is 1.42. The normalized spacial score (nSPS) is 13.3. The van der Waals surface area contributed by atoms with E-state index in [1.807, 2.05) is 12.1 Å². The second kappa shape index (κ2) is 8.00. The van der Waals surface area contributed by atoms with Gasteiger partial charge in [0.1, 0.15) is 18.5 Å². The Labute approximate surface area is 124 Å². The minimum atomic E-state index is -0.531. The molecule has 0 radical (unpaired) electrons. The number of rotatable bonds is 8. The van der Waals surface area contributed by atoms with Gasteiger partial charge in [-0.05, 0) is 38.3 Å². The fraction of sp³-hybridized carbons (Fsp3) is 0.571. The summed E-state index contributed by atoms with van der Waals surface area (Å²) in [6, 6.07) is 7.17. The molecule has 0 aliphatic rings. The van der Waals surface area contributed by atoms with Crippen molar-refractivity contribution in [2.24, 2.45) is 0 Å². The maximum Gasteiger partial charge on any atom is 0.120 e. The first-order chi connectivity index (χ1) is 8.93. The Bertz CT molecular complexity index is 387. The maximum atomic E-state index is 9.82. The molecule has 2 N–H and O–H groups in total. The molecule has 0 aliphatic heterocycles. The highest BCUT2D eigenvalue weighted by Crippen LogP contribution is 2.19. The van der Waals surface area contributed by atoms with Gasteiger partial charge in [-0.3, -0.25) is 0 Å². The van der Waals surface area contributed by atoms with Crippen LogP contribution in [0, 0.1) is 0 Å². The fourth-order valence-corrected chi connectivity index (χ4v) is 1.85. The number of halogens is 1. The number of thioether (sulfide) groups is 1. The van der Waals surface area contributed by atoms with Crippen LogP contribution in [-0.2, 0) is 0 Å². The SMILES string of the molecule is CSC(C)(C)CNCC(O)COc1cccc(Cl)c1. The third kappa shape index (κ3) is 7.06. The summed E-state index contributed by atoms with van der Waals surface area (Å²) in [6.07, 6.45) is 1.55. The summed E-state index contributed by atoms with van der Waals surface area (Å²) in [5.74, 6) is 0.677. The number of nitrogens with one attached hydrogen (secondary N) is 1. The maximum absolute atomic E-state index is 9.82. The highest BCUT2D eigenvalue weighted by molar-refractivity contribution is 7.99. The second-order valence-corrected chi connectivity index (χ2v) is 6.97. The number of hydrogen-bond acceptors (Lipinski definition) is 4. The average Bonchev–Trinajstić information content (AvgIpc) is 2.36. The predicted molar refractivity (Wildman–Crippen MR) is 83.4 cm³/mol. The highest BCUT2D eigenvalue weighted by atomic mass is 35.5. The molecule has 1 rings (SSSR count). The average molecular weight is 304 g/mol. The van der Waals surface area contributed by atoms with E-state index < -0.39 is 6.10 Å². The molecule has 0 aromatic heterocycles. The molecule has 1 aromatic carbocycles. The van der Waals surface area contributed by atoms with Gasteiger partial charge in [-0.15, -0.1) is 0 Å². The summed E-state index contributed by atoms with van der Waals surface area (Å²) in [5, 5.41) is 13.7.